The summed E-state index contributed by atoms with van der Waals surface area (Å²) in [7, 11) is 0. The molecule has 0 saturated carbocycles. The van der Waals surface area contributed by atoms with Gasteiger partial charge in [0.25, 0.3) is 0 Å². The molecule has 15 heavy (non-hydrogen) atoms. The van der Waals surface area contributed by atoms with E-state index >= 15 is 0 Å². The van der Waals surface area contributed by atoms with Gasteiger partial charge in [-0.25, -0.2) is 0 Å². The summed E-state index contributed by atoms with van der Waals surface area (Å²) in [5, 5.41) is 0. The minimum absolute atomic E-state index is 0. The van der Waals surface area contributed by atoms with Gasteiger partial charge in [0, 0.05) is 18.3 Å². The van der Waals surface area contributed by atoms with Crippen molar-refractivity contribution in [2.24, 2.45) is 5.73 Å². The lowest BCUT2D eigenvalue weighted by Gasteiger charge is -2.05. The first-order valence-electron chi connectivity index (χ1n) is 4.61. The lowest BCUT2D eigenvalue weighted by Crippen LogP contribution is -2.00. The van der Waals surface area contributed by atoms with Crippen LogP contribution in [0.25, 0.3) is 11.3 Å². The highest BCUT2D eigenvalue weighted by Gasteiger charge is 2.02. The van der Waals surface area contributed by atoms with Crippen LogP contribution in [-0.2, 0) is 6.54 Å². The first-order valence-corrected chi connectivity index (χ1v) is 4.61. The highest BCUT2D eigenvalue weighted by atomic mass is 35.5. The molecule has 3 heteroatoms. The van der Waals surface area contributed by atoms with Crippen molar-refractivity contribution >= 4 is 12.4 Å². The predicted molar refractivity (Wildman–Crippen MR) is 64.8 cm³/mol. The Kier molecular flexibility index (Phi) is 4.28. The van der Waals surface area contributed by atoms with Crippen LogP contribution in [-0.4, -0.2) is 4.98 Å². The van der Waals surface area contributed by atoms with Gasteiger partial charge in [-0.2, -0.15) is 0 Å². The molecule has 2 aromatic rings. The summed E-state index contributed by atoms with van der Waals surface area (Å²) in [6, 6.07) is 14.0. The van der Waals surface area contributed by atoms with Gasteiger partial charge in [0.05, 0.1) is 5.69 Å². The fourth-order valence-electron chi connectivity index (χ4n) is 1.46. The fourth-order valence-corrected chi connectivity index (χ4v) is 1.46. The van der Waals surface area contributed by atoms with Crippen molar-refractivity contribution in [3.63, 3.8) is 0 Å². The summed E-state index contributed by atoms with van der Waals surface area (Å²) in [5.41, 5.74) is 8.83. The molecule has 78 valence electrons. The minimum atomic E-state index is 0. The summed E-state index contributed by atoms with van der Waals surface area (Å²) < 4.78 is 0. The van der Waals surface area contributed by atoms with Crippen LogP contribution >= 0.6 is 12.4 Å². The maximum Gasteiger partial charge on any atom is 0.0746 e. The highest BCUT2D eigenvalue weighted by molar-refractivity contribution is 5.85. The van der Waals surface area contributed by atoms with Crippen molar-refractivity contribution in [1.29, 1.82) is 0 Å². The zero-order valence-corrected chi connectivity index (χ0v) is 9.08. The van der Waals surface area contributed by atoms with E-state index in [9.17, 15) is 0 Å². The number of hydrogen-bond donors (Lipinski definition) is 1. The summed E-state index contributed by atoms with van der Waals surface area (Å²) in [5.74, 6) is 0. The van der Waals surface area contributed by atoms with E-state index in [4.69, 9.17) is 5.73 Å². The summed E-state index contributed by atoms with van der Waals surface area (Å²) >= 11 is 0. The number of nitrogens with zero attached hydrogens (tertiary/aromatic N) is 1. The molecule has 2 rings (SSSR count). The third-order valence-electron chi connectivity index (χ3n) is 2.16. The van der Waals surface area contributed by atoms with E-state index in [1.165, 1.54) is 0 Å². The second kappa shape index (κ2) is 5.49. The van der Waals surface area contributed by atoms with Gasteiger partial charge < -0.3 is 5.73 Å². The van der Waals surface area contributed by atoms with Crippen molar-refractivity contribution in [2.45, 2.75) is 6.54 Å². The lowest BCUT2D eigenvalue weighted by molar-refractivity contribution is 1.05. The molecule has 0 bridgehead atoms. The number of pyridine rings is 1. The number of hydrogen-bond acceptors (Lipinski definition) is 2. The topological polar surface area (TPSA) is 38.9 Å². The van der Waals surface area contributed by atoms with Crippen LogP contribution in [0.3, 0.4) is 0 Å². The van der Waals surface area contributed by atoms with Crippen LogP contribution in [0.5, 0.6) is 0 Å². The molecule has 2 N–H and O–H groups in total. The normalized spacial score (nSPS) is 9.40. The van der Waals surface area contributed by atoms with E-state index in [0.717, 1.165) is 16.8 Å². The van der Waals surface area contributed by atoms with Crippen LogP contribution in [0.2, 0.25) is 0 Å². The zero-order valence-electron chi connectivity index (χ0n) is 8.26. The van der Waals surface area contributed by atoms with Crippen molar-refractivity contribution in [1.82, 2.24) is 4.98 Å². The Morgan fingerprint density at radius 1 is 1.00 bits per heavy atom. The third kappa shape index (κ3) is 2.55. The van der Waals surface area contributed by atoms with Crippen LogP contribution < -0.4 is 5.73 Å². The van der Waals surface area contributed by atoms with Crippen LogP contribution in [0, 0.1) is 0 Å². The van der Waals surface area contributed by atoms with Gasteiger partial charge >= 0.3 is 0 Å². The van der Waals surface area contributed by atoms with Crippen molar-refractivity contribution in [2.75, 3.05) is 0 Å². The van der Waals surface area contributed by atoms with Crippen molar-refractivity contribution in [3.8, 4) is 11.3 Å². The Morgan fingerprint density at radius 3 is 2.40 bits per heavy atom. The average Bonchev–Trinajstić information content (AvgIpc) is 2.30. The van der Waals surface area contributed by atoms with Gasteiger partial charge in [0.1, 0.15) is 0 Å². The van der Waals surface area contributed by atoms with Crippen molar-refractivity contribution < 1.29 is 0 Å². The lowest BCUT2D eigenvalue weighted by atomic mass is 10.1. The highest BCUT2D eigenvalue weighted by Crippen LogP contribution is 2.19. The predicted octanol–water partition coefficient (Wildman–Crippen LogP) is 2.63. The van der Waals surface area contributed by atoms with E-state index in [1.807, 2.05) is 42.5 Å². The molecule has 0 aliphatic rings. The summed E-state index contributed by atoms with van der Waals surface area (Å²) in [6.45, 7) is 0.526. The molecule has 0 radical (unpaired) electrons. The Labute approximate surface area is 95.6 Å². The minimum Gasteiger partial charge on any atom is -0.326 e. The van der Waals surface area contributed by atoms with Gasteiger partial charge in [-0.3, -0.25) is 4.98 Å². The van der Waals surface area contributed by atoms with Crippen LogP contribution in [0.4, 0.5) is 0 Å². The molecule has 0 unspecified atom stereocenters. The Bertz CT molecular complexity index is 415. The molecular weight excluding hydrogens is 208 g/mol. The third-order valence-corrected chi connectivity index (χ3v) is 2.16. The summed E-state index contributed by atoms with van der Waals surface area (Å²) in [4.78, 5) is 4.34. The zero-order chi connectivity index (χ0) is 9.80. The molecule has 0 spiro atoms. The second-order valence-electron chi connectivity index (χ2n) is 3.08. The maximum atomic E-state index is 5.65. The van der Waals surface area contributed by atoms with E-state index in [2.05, 4.69) is 4.98 Å². The largest absolute Gasteiger partial charge is 0.326 e. The van der Waals surface area contributed by atoms with E-state index in [1.54, 1.807) is 6.20 Å². The SMILES string of the molecule is Cl.NCc1cccnc1-c1ccccc1. The maximum absolute atomic E-state index is 5.65. The molecule has 0 amide bonds. The number of benzene rings is 1. The molecule has 1 heterocycles. The summed E-state index contributed by atoms with van der Waals surface area (Å²) in [6.07, 6.45) is 1.79. The number of halogens is 1. The standard InChI is InChI=1S/C12H12N2.ClH/c13-9-11-7-4-8-14-12(11)10-5-2-1-3-6-10;/h1-8H,9,13H2;1H. The molecular formula is C12H13ClN2. The van der Waals surface area contributed by atoms with Gasteiger partial charge in [-0.1, -0.05) is 36.4 Å². The molecule has 0 aliphatic carbocycles. The van der Waals surface area contributed by atoms with Crippen molar-refractivity contribution in [3.05, 3.63) is 54.2 Å². The number of aromatic nitrogens is 1. The Morgan fingerprint density at radius 2 is 1.73 bits per heavy atom. The van der Waals surface area contributed by atoms with Gasteiger partial charge in [0.2, 0.25) is 0 Å². The first-order chi connectivity index (χ1) is 6.92. The Hall–Kier alpha value is -1.38. The Balaban J connectivity index is 0.00000112. The average molecular weight is 221 g/mol. The van der Waals surface area contributed by atoms with E-state index in [0.29, 0.717) is 6.54 Å². The molecule has 2 nitrogen and oxygen atoms in total. The number of nitrogens with two attached hydrogens (primary N) is 1. The molecule has 0 atom stereocenters. The van der Waals surface area contributed by atoms with Crippen LogP contribution in [0.15, 0.2) is 48.7 Å². The smallest absolute Gasteiger partial charge is 0.0746 e. The molecule has 0 fully saturated rings. The van der Waals surface area contributed by atoms with Gasteiger partial charge in [-0.15, -0.1) is 12.4 Å². The number of rotatable bonds is 2. The second-order valence-corrected chi connectivity index (χ2v) is 3.08. The first kappa shape index (κ1) is 11.7. The molecule has 1 aromatic carbocycles. The van der Waals surface area contributed by atoms with E-state index < -0.39 is 0 Å². The quantitative estimate of drug-likeness (QED) is 0.845. The molecule has 0 saturated heterocycles. The molecule has 0 aliphatic heterocycles. The monoisotopic (exact) mass is 220 g/mol. The molecule has 1 aromatic heterocycles. The van der Waals surface area contributed by atoms with E-state index in [-0.39, 0.29) is 12.4 Å². The van der Waals surface area contributed by atoms with Gasteiger partial charge in [-0.05, 0) is 11.6 Å². The van der Waals surface area contributed by atoms with Gasteiger partial charge in [0.15, 0.2) is 0 Å². The fraction of sp³-hybridized carbons (Fsp3) is 0.0833. The van der Waals surface area contributed by atoms with Crippen LogP contribution in [0.1, 0.15) is 5.56 Å².